The zero-order chi connectivity index (χ0) is 49.2. The van der Waals surface area contributed by atoms with Gasteiger partial charge in [0, 0.05) is 34.5 Å². The number of hydrogen-bond acceptors (Lipinski definition) is 13. The number of ether oxygens (including phenoxy) is 2. The molecule has 4 aromatic carbocycles. The molecule has 1 saturated carbocycles. The zero-order valence-electron chi connectivity index (χ0n) is 39.0. The molecule has 0 radical (unpaired) electrons. The van der Waals surface area contributed by atoms with E-state index >= 15 is 0 Å². The summed E-state index contributed by atoms with van der Waals surface area (Å²) >= 11 is 7.66. The minimum Gasteiger partial charge on any atom is -0.488 e. The fourth-order valence-electron chi connectivity index (χ4n) is 10.2. The second-order valence-corrected chi connectivity index (χ2v) is 21.7. The number of methoxy groups -OCH3 is 1. The quantitative estimate of drug-likeness (QED) is 0.0901. The Hall–Kier alpha value is -6.60. The largest absolute Gasteiger partial charge is 0.488 e. The highest BCUT2D eigenvalue weighted by atomic mass is 35.5. The lowest BCUT2D eigenvalue weighted by Crippen LogP contribution is -2.35. The monoisotopic (exact) mass is 1000 g/mol. The van der Waals surface area contributed by atoms with E-state index in [1.165, 1.54) is 22.8 Å². The molecule has 3 aromatic heterocycles. The highest BCUT2D eigenvalue weighted by Gasteiger charge is 2.39. The van der Waals surface area contributed by atoms with E-state index in [0.29, 0.717) is 52.0 Å². The SMILES string of the molecule is COC(=O)C[C@@H]1N=C(c2ccc(Cl)cc2)c2c(sc(C(=O)[C@H]3CCC(n4nnc5cc(C(CC(=O)O)c6ccc(C)c(CN7CC(C)Oc8ccccc8S7(=O)=O)c6)cc(C)c54)C3)c2C)-n2cnnc21. The first-order valence-corrected chi connectivity index (χ1v) is 25.6. The number of nitrogens with zero attached hydrogens (tertiary/aromatic N) is 8. The van der Waals surface area contributed by atoms with E-state index in [1.807, 2.05) is 79.4 Å². The van der Waals surface area contributed by atoms with E-state index in [1.54, 1.807) is 42.7 Å². The molecule has 5 atom stereocenters. The maximum Gasteiger partial charge on any atom is 0.308 e. The van der Waals surface area contributed by atoms with Gasteiger partial charge in [0.15, 0.2) is 11.6 Å². The number of Topliss-reactive ketones (excluding diaryl/α,β-unsaturated/α-hetero) is 1. The van der Waals surface area contributed by atoms with E-state index in [2.05, 4.69) is 20.5 Å². The average Bonchev–Trinajstić information content (AvgIpc) is 4.15. The van der Waals surface area contributed by atoms with E-state index in [-0.39, 0.29) is 48.6 Å². The topological polar surface area (TPSA) is 201 Å². The molecule has 3 unspecified atom stereocenters. The van der Waals surface area contributed by atoms with Crippen molar-refractivity contribution >= 4 is 67.4 Å². The maximum absolute atomic E-state index is 14.7. The Morgan fingerprint density at radius 3 is 2.53 bits per heavy atom. The van der Waals surface area contributed by atoms with Gasteiger partial charge in [0.1, 0.15) is 39.6 Å². The number of carboxylic acids is 1. The standard InChI is InChI=1S/C51H49ClN8O8S2/c1-27-10-11-32(19-35(27)25-58-24-29(3)68-41-8-6-7-9-42(41)70(58,65)66)38(22-43(61)62)34-18-28(2)47-39(21-34)55-57-60(47)37-17-14-33(20-37)48(64)49-30(4)45-46(31-12-15-36(52)16-13-31)54-40(23-44(63)67-5)50-56-53-26-59(50)51(45)69-49/h6-13,15-16,18-19,21,26,29,33,37-38,40H,14,17,20,22-25H2,1-5H3,(H,61,62)/t29?,33-,37?,38?,40-/m0/s1. The van der Waals surface area contributed by atoms with Gasteiger partial charge >= 0.3 is 11.9 Å². The number of sulfonamides is 1. The van der Waals surface area contributed by atoms with Crippen molar-refractivity contribution in [2.75, 3.05) is 13.7 Å². The molecule has 19 heteroatoms. The molecule has 16 nitrogen and oxygen atoms in total. The number of benzene rings is 4. The molecule has 7 aromatic rings. The number of rotatable bonds is 12. The second kappa shape index (κ2) is 18.6. The lowest BCUT2D eigenvalue weighted by Gasteiger charge is -2.24. The van der Waals surface area contributed by atoms with Crippen LogP contribution < -0.4 is 4.74 Å². The van der Waals surface area contributed by atoms with E-state index in [4.69, 9.17) is 26.1 Å². The molecular weight excluding hydrogens is 952 g/mol. The summed E-state index contributed by atoms with van der Waals surface area (Å²) in [6.45, 7) is 7.87. The molecule has 5 heterocycles. The number of aryl methyl sites for hydroxylation is 2. The highest BCUT2D eigenvalue weighted by Crippen LogP contribution is 2.44. The lowest BCUT2D eigenvalue weighted by atomic mass is 9.86. The summed E-state index contributed by atoms with van der Waals surface area (Å²) in [5, 5.41) is 29.4. The van der Waals surface area contributed by atoms with Gasteiger partial charge in [-0.3, -0.25) is 23.9 Å². The normalized spacial score (nSPS) is 20.1. The zero-order valence-corrected chi connectivity index (χ0v) is 41.4. The van der Waals surface area contributed by atoms with Gasteiger partial charge in [-0.05, 0) is 111 Å². The minimum atomic E-state index is -3.91. The van der Waals surface area contributed by atoms with Gasteiger partial charge < -0.3 is 14.6 Å². The molecule has 0 bridgehead atoms. The molecular formula is C51H49ClN8O8S2. The van der Waals surface area contributed by atoms with Gasteiger partial charge in [-0.15, -0.1) is 26.6 Å². The summed E-state index contributed by atoms with van der Waals surface area (Å²) in [6.07, 6.45) is 2.79. The summed E-state index contributed by atoms with van der Waals surface area (Å²) in [6, 6.07) is 22.7. The van der Waals surface area contributed by atoms with Gasteiger partial charge in [-0.1, -0.05) is 65.3 Å². The maximum atomic E-state index is 14.7. The van der Waals surface area contributed by atoms with Crippen molar-refractivity contribution in [1.29, 1.82) is 0 Å². The molecule has 2 aliphatic heterocycles. The first kappa shape index (κ1) is 47.1. The van der Waals surface area contributed by atoms with Crippen molar-refractivity contribution in [1.82, 2.24) is 34.1 Å². The number of ketones is 1. The first-order valence-electron chi connectivity index (χ1n) is 23.0. The van der Waals surface area contributed by atoms with Crippen LogP contribution in [-0.4, -0.2) is 90.8 Å². The van der Waals surface area contributed by atoms with Crippen molar-refractivity contribution in [3.63, 3.8) is 0 Å². The number of halogens is 1. The molecule has 1 N–H and O–H groups in total. The van der Waals surface area contributed by atoms with E-state index < -0.39 is 40.0 Å². The van der Waals surface area contributed by atoms with Crippen LogP contribution >= 0.6 is 22.9 Å². The van der Waals surface area contributed by atoms with Crippen molar-refractivity contribution in [3.8, 4) is 10.8 Å². The Bertz CT molecular complexity index is 3380. The van der Waals surface area contributed by atoms with Crippen LogP contribution in [-0.2, 0) is 30.9 Å². The number of thiophene rings is 1. The van der Waals surface area contributed by atoms with Gasteiger partial charge in [-0.2, -0.15) is 4.31 Å². The number of para-hydroxylation sites is 1. The number of carbonyl (C=O) groups is 3. The Kier molecular flexibility index (Phi) is 12.5. The molecule has 0 saturated heterocycles. The van der Waals surface area contributed by atoms with Crippen LogP contribution in [0.3, 0.4) is 0 Å². The van der Waals surface area contributed by atoms with Crippen molar-refractivity contribution in [3.05, 3.63) is 145 Å². The second-order valence-electron chi connectivity index (χ2n) is 18.4. The Labute approximate surface area is 413 Å². The van der Waals surface area contributed by atoms with Crippen molar-refractivity contribution in [2.24, 2.45) is 10.9 Å². The summed E-state index contributed by atoms with van der Waals surface area (Å²) < 4.78 is 44.1. The molecule has 1 fully saturated rings. The van der Waals surface area contributed by atoms with E-state index in [9.17, 15) is 27.9 Å². The molecule has 360 valence electrons. The van der Waals surface area contributed by atoms with Crippen LogP contribution in [0, 0.1) is 26.7 Å². The molecule has 0 amide bonds. The summed E-state index contributed by atoms with van der Waals surface area (Å²) in [4.78, 5) is 45.6. The third-order valence-electron chi connectivity index (χ3n) is 13.7. The molecule has 0 spiro atoms. The predicted octanol–water partition coefficient (Wildman–Crippen LogP) is 8.91. The fraction of sp³-hybridized carbons (Fsp3) is 0.333. The van der Waals surface area contributed by atoms with Crippen LogP contribution in [0.5, 0.6) is 5.75 Å². The number of hydrogen-bond donors (Lipinski definition) is 1. The van der Waals surface area contributed by atoms with Crippen molar-refractivity contribution < 1.29 is 37.4 Å². The number of aliphatic imine (C=N–C) groups is 1. The van der Waals surface area contributed by atoms with Crippen LogP contribution in [0.4, 0.5) is 0 Å². The van der Waals surface area contributed by atoms with Crippen molar-refractivity contribution in [2.45, 2.75) is 95.3 Å². The minimum absolute atomic E-state index is 0.0211. The van der Waals surface area contributed by atoms with E-state index in [0.717, 1.165) is 55.0 Å². The number of carboxylic acid groups (broad SMARTS) is 1. The number of fused-ring (bicyclic) bond motifs is 5. The number of aromatic nitrogens is 6. The third kappa shape index (κ3) is 8.60. The van der Waals surface area contributed by atoms with Gasteiger partial charge in [0.2, 0.25) is 10.0 Å². The number of aliphatic carboxylic acids is 1. The Morgan fingerprint density at radius 2 is 1.76 bits per heavy atom. The highest BCUT2D eigenvalue weighted by molar-refractivity contribution is 7.89. The van der Waals surface area contributed by atoms with Gasteiger partial charge in [0.05, 0.1) is 48.6 Å². The van der Waals surface area contributed by atoms with Crippen LogP contribution in [0.1, 0.15) is 117 Å². The third-order valence-corrected chi connectivity index (χ3v) is 17.1. The van der Waals surface area contributed by atoms with Gasteiger partial charge in [-0.25, -0.2) is 13.1 Å². The smallest absolute Gasteiger partial charge is 0.308 e. The van der Waals surface area contributed by atoms with Crippen LogP contribution in [0.15, 0.2) is 95.1 Å². The average molecular weight is 1000 g/mol. The summed E-state index contributed by atoms with van der Waals surface area (Å²) in [5.74, 6) is -1.51. The summed E-state index contributed by atoms with van der Waals surface area (Å²) in [5.41, 5.74) is 8.31. The summed E-state index contributed by atoms with van der Waals surface area (Å²) in [7, 11) is -2.57. The molecule has 3 aliphatic rings. The number of esters is 1. The first-order chi connectivity index (χ1) is 33.6. The molecule has 1 aliphatic carbocycles. The van der Waals surface area contributed by atoms with Crippen LogP contribution in [0.25, 0.3) is 16.0 Å². The molecule has 70 heavy (non-hydrogen) atoms. The Morgan fingerprint density at radius 1 is 0.971 bits per heavy atom. The fourth-order valence-corrected chi connectivity index (χ4v) is 13.3. The number of carbonyl (C=O) groups excluding carboxylic acids is 2. The predicted molar refractivity (Wildman–Crippen MR) is 263 cm³/mol. The lowest BCUT2D eigenvalue weighted by molar-refractivity contribution is -0.141. The molecule has 10 rings (SSSR count). The van der Waals surface area contributed by atoms with Crippen LogP contribution in [0.2, 0.25) is 5.02 Å². The Balaban J connectivity index is 0.927. The van der Waals surface area contributed by atoms with Gasteiger partial charge in [0.25, 0.3) is 0 Å².